The first-order valence-electron chi connectivity index (χ1n) is 7.35. The van der Waals surface area contributed by atoms with Gasteiger partial charge in [-0.3, -0.25) is 0 Å². The summed E-state index contributed by atoms with van der Waals surface area (Å²) in [6.07, 6.45) is 5.96. The van der Waals surface area contributed by atoms with Crippen LogP contribution in [-0.2, 0) is 10.0 Å². The molecule has 1 aliphatic carbocycles. The van der Waals surface area contributed by atoms with Gasteiger partial charge in [0.2, 0.25) is 10.0 Å². The molecular weight excluding hydrogens is 248 g/mol. The maximum atomic E-state index is 12.1. The van der Waals surface area contributed by atoms with E-state index in [4.69, 9.17) is 0 Å². The van der Waals surface area contributed by atoms with Crippen molar-refractivity contribution in [2.45, 2.75) is 32.1 Å². The Morgan fingerprint density at radius 1 is 1.00 bits per heavy atom. The monoisotopic (exact) mass is 272 g/mol. The molecule has 0 amide bonds. The minimum absolute atomic E-state index is 0.350. The van der Waals surface area contributed by atoms with Crippen LogP contribution in [0.15, 0.2) is 0 Å². The smallest absolute Gasteiger partial charge is 0.214 e. The quantitative estimate of drug-likeness (QED) is 0.753. The first-order chi connectivity index (χ1) is 8.65. The Kier molecular flexibility index (Phi) is 3.65. The lowest BCUT2D eigenvalue weighted by atomic mass is 10.1. The minimum atomic E-state index is -2.96. The van der Waals surface area contributed by atoms with Crippen molar-refractivity contribution in [2.24, 2.45) is 11.8 Å². The van der Waals surface area contributed by atoms with Gasteiger partial charge in [-0.05, 0) is 57.2 Å². The standard InChI is InChI=1S/C13H24N2O2S/c16-18(17,15-10-12-9-13(12)11-15)8-4-7-14-5-2-1-3-6-14/h12-13H,1-11H2/t12-,13+. The fourth-order valence-electron chi connectivity index (χ4n) is 3.36. The number of rotatable bonds is 5. The SMILES string of the molecule is O=S(=O)(CCCN1CCCCC1)N1C[C@H]2C[C@H]2C1. The van der Waals surface area contributed by atoms with Crippen LogP contribution in [0, 0.1) is 11.8 Å². The fourth-order valence-corrected chi connectivity index (χ4v) is 4.95. The van der Waals surface area contributed by atoms with E-state index in [1.165, 1.54) is 25.7 Å². The van der Waals surface area contributed by atoms with E-state index in [2.05, 4.69) is 4.90 Å². The molecule has 2 atom stereocenters. The summed E-state index contributed by atoms with van der Waals surface area (Å²) >= 11 is 0. The van der Waals surface area contributed by atoms with Gasteiger partial charge in [0.25, 0.3) is 0 Å². The zero-order valence-electron chi connectivity index (χ0n) is 11.1. The maximum Gasteiger partial charge on any atom is 0.214 e. The van der Waals surface area contributed by atoms with Gasteiger partial charge in [0.05, 0.1) is 5.75 Å². The summed E-state index contributed by atoms with van der Waals surface area (Å²) in [4.78, 5) is 2.42. The zero-order chi connectivity index (χ0) is 12.6. The molecule has 4 nitrogen and oxygen atoms in total. The van der Waals surface area contributed by atoms with E-state index in [0.29, 0.717) is 17.6 Å². The fraction of sp³-hybridized carbons (Fsp3) is 1.00. The molecule has 0 N–H and O–H groups in total. The van der Waals surface area contributed by atoms with Gasteiger partial charge in [-0.25, -0.2) is 12.7 Å². The molecule has 2 saturated heterocycles. The van der Waals surface area contributed by atoms with Crippen molar-refractivity contribution in [1.82, 2.24) is 9.21 Å². The molecule has 3 rings (SSSR count). The van der Waals surface area contributed by atoms with Gasteiger partial charge in [0.15, 0.2) is 0 Å². The molecule has 2 heterocycles. The number of hydrogen-bond donors (Lipinski definition) is 0. The van der Waals surface area contributed by atoms with Crippen LogP contribution in [0.4, 0.5) is 0 Å². The van der Waals surface area contributed by atoms with Crippen molar-refractivity contribution in [3.8, 4) is 0 Å². The highest BCUT2D eigenvalue weighted by Crippen LogP contribution is 2.45. The van der Waals surface area contributed by atoms with Crippen LogP contribution >= 0.6 is 0 Å². The van der Waals surface area contributed by atoms with Crippen LogP contribution in [-0.4, -0.2) is 56.1 Å². The number of fused-ring (bicyclic) bond motifs is 1. The molecule has 3 aliphatic rings. The highest BCUT2D eigenvalue weighted by Gasteiger charge is 2.48. The van der Waals surface area contributed by atoms with E-state index in [0.717, 1.165) is 39.1 Å². The second kappa shape index (κ2) is 5.10. The van der Waals surface area contributed by atoms with E-state index in [1.54, 1.807) is 4.31 Å². The molecule has 0 unspecified atom stereocenters. The molecule has 5 heteroatoms. The third-order valence-electron chi connectivity index (χ3n) is 4.66. The molecule has 3 fully saturated rings. The lowest BCUT2D eigenvalue weighted by Gasteiger charge is -2.26. The van der Waals surface area contributed by atoms with Crippen molar-refractivity contribution in [3.05, 3.63) is 0 Å². The molecule has 1 saturated carbocycles. The first kappa shape index (κ1) is 12.9. The Bertz CT molecular complexity index is 380. The van der Waals surface area contributed by atoms with Crippen LogP contribution in [0.1, 0.15) is 32.1 Å². The van der Waals surface area contributed by atoms with Crippen molar-refractivity contribution in [3.63, 3.8) is 0 Å². The van der Waals surface area contributed by atoms with E-state index in [9.17, 15) is 8.42 Å². The van der Waals surface area contributed by atoms with Gasteiger partial charge < -0.3 is 4.90 Å². The first-order valence-corrected chi connectivity index (χ1v) is 8.96. The number of nitrogens with zero attached hydrogens (tertiary/aromatic N) is 2. The summed E-state index contributed by atoms with van der Waals surface area (Å²) in [5.74, 6) is 1.74. The van der Waals surface area contributed by atoms with Crippen molar-refractivity contribution >= 4 is 10.0 Å². The Morgan fingerprint density at radius 2 is 1.67 bits per heavy atom. The number of likely N-dealkylation sites (tertiary alicyclic amines) is 1. The van der Waals surface area contributed by atoms with Crippen LogP contribution < -0.4 is 0 Å². The average Bonchev–Trinajstić information content (AvgIpc) is 2.97. The summed E-state index contributed by atoms with van der Waals surface area (Å²) in [5, 5.41) is 0. The van der Waals surface area contributed by atoms with E-state index < -0.39 is 10.0 Å². The van der Waals surface area contributed by atoms with Gasteiger partial charge in [-0.15, -0.1) is 0 Å². The van der Waals surface area contributed by atoms with Gasteiger partial charge in [-0.2, -0.15) is 0 Å². The number of piperidine rings is 2. The van der Waals surface area contributed by atoms with Gasteiger partial charge in [-0.1, -0.05) is 6.42 Å². The summed E-state index contributed by atoms with van der Waals surface area (Å²) in [6, 6.07) is 0. The van der Waals surface area contributed by atoms with Crippen LogP contribution in [0.25, 0.3) is 0 Å². The molecule has 0 aromatic rings. The van der Waals surface area contributed by atoms with Gasteiger partial charge in [0, 0.05) is 13.1 Å². The number of hydrogen-bond acceptors (Lipinski definition) is 3. The summed E-state index contributed by atoms with van der Waals surface area (Å²) < 4.78 is 26.0. The van der Waals surface area contributed by atoms with Crippen LogP contribution in [0.3, 0.4) is 0 Å². The highest BCUT2D eigenvalue weighted by atomic mass is 32.2. The van der Waals surface area contributed by atoms with E-state index >= 15 is 0 Å². The molecule has 2 aliphatic heterocycles. The van der Waals surface area contributed by atoms with Gasteiger partial charge in [0.1, 0.15) is 0 Å². The van der Waals surface area contributed by atoms with Crippen LogP contribution in [0.5, 0.6) is 0 Å². The lowest BCUT2D eigenvalue weighted by molar-refractivity contribution is 0.229. The highest BCUT2D eigenvalue weighted by molar-refractivity contribution is 7.89. The molecule has 0 aromatic carbocycles. The van der Waals surface area contributed by atoms with Crippen molar-refractivity contribution in [2.75, 3.05) is 38.5 Å². The summed E-state index contributed by atoms with van der Waals surface area (Å²) in [6.45, 7) is 4.88. The Hall–Kier alpha value is -0.130. The predicted molar refractivity (Wildman–Crippen MR) is 71.9 cm³/mol. The van der Waals surface area contributed by atoms with Gasteiger partial charge >= 0.3 is 0 Å². The molecule has 0 radical (unpaired) electrons. The third-order valence-corrected chi connectivity index (χ3v) is 6.55. The predicted octanol–water partition coefficient (Wildman–Crippen LogP) is 1.14. The third kappa shape index (κ3) is 2.89. The summed E-state index contributed by atoms with van der Waals surface area (Å²) in [7, 11) is -2.96. The Balaban J connectivity index is 1.41. The largest absolute Gasteiger partial charge is 0.303 e. The minimum Gasteiger partial charge on any atom is -0.303 e. The van der Waals surface area contributed by atoms with Crippen molar-refractivity contribution < 1.29 is 8.42 Å². The molecule has 0 spiro atoms. The van der Waals surface area contributed by atoms with Crippen molar-refractivity contribution in [1.29, 1.82) is 0 Å². The molecular formula is C13H24N2O2S. The maximum absolute atomic E-state index is 12.1. The number of sulfonamides is 1. The van der Waals surface area contributed by atoms with E-state index in [-0.39, 0.29) is 0 Å². The normalized spacial score (nSPS) is 33.6. The van der Waals surface area contributed by atoms with Crippen LogP contribution in [0.2, 0.25) is 0 Å². The Morgan fingerprint density at radius 3 is 2.33 bits per heavy atom. The topological polar surface area (TPSA) is 40.6 Å². The Labute approximate surface area is 110 Å². The lowest BCUT2D eigenvalue weighted by Crippen LogP contribution is -2.35. The molecule has 0 aromatic heterocycles. The van der Waals surface area contributed by atoms with E-state index in [1.807, 2.05) is 0 Å². The molecule has 0 bridgehead atoms. The molecule has 18 heavy (non-hydrogen) atoms. The zero-order valence-corrected chi connectivity index (χ0v) is 11.9. The second-order valence-electron chi connectivity index (χ2n) is 6.14. The molecule has 104 valence electrons. The summed E-state index contributed by atoms with van der Waals surface area (Å²) in [5.41, 5.74) is 0. The average molecular weight is 272 g/mol. The second-order valence-corrected chi connectivity index (χ2v) is 8.23.